The molecule has 0 aliphatic rings. The number of hydrogen-bond acceptors (Lipinski definition) is 0. The van der Waals surface area contributed by atoms with Gasteiger partial charge in [-0.2, -0.15) is 0 Å². The lowest BCUT2D eigenvalue weighted by Crippen LogP contribution is -1.91. The van der Waals surface area contributed by atoms with E-state index < -0.39 is 0 Å². The minimum atomic E-state index is 1.11. The van der Waals surface area contributed by atoms with Gasteiger partial charge in [0.15, 0.2) is 0 Å². The van der Waals surface area contributed by atoms with Crippen LogP contribution in [0.2, 0.25) is 0 Å². The monoisotopic (exact) mass is 208 g/mol. The highest BCUT2D eigenvalue weighted by Gasteiger charge is 2.03. The van der Waals surface area contributed by atoms with E-state index in [9.17, 15) is 0 Å². The van der Waals surface area contributed by atoms with Gasteiger partial charge in [0.1, 0.15) is 0 Å². The molecular formula is C15H28. The van der Waals surface area contributed by atoms with E-state index in [-0.39, 0.29) is 0 Å². The predicted octanol–water partition coefficient (Wildman–Crippen LogP) is 5.67. The average Bonchev–Trinajstić information content (AvgIpc) is 2.28. The van der Waals surface area contributed by atoms with Crippen molar-refractivity contribution in [1.29, 1.82) is 0 Å². The van der Waals surface area contributed by atoms with E-state index in [4.69, 9.17) is 0 Å². The molecule has 88 valence electrons. The molecule has 0 fully saturated rings. The molecule has 0 saturated heterocycles. The fourth-order valence-electron chi connectivity index (χ4n) is 1.48. The van der Waals surface area contributed by atoms with Crippen LogP contribution in [0.15, 0.2) is 36.0 Å². The van der Waals surface area contributed by atoms with Crippen LogP contribution in [0, 0.1) is 0 Å². The zero-order valence-corrected chi connectivity index (χ0v) is 11.3. The highest BCUT2D eigenvalue weighted by Crippen LogP contribution is 2.22. The molecule has 0 heteroatoms. The van der Waals surface area contributed by atoms with E-state index in [1.807, 2.05) is 19.9 Å². The van der Waals surface area contributed by atoms with Crippen molar-refractivity contribution in [3.8, 4) is 0 Å². The van der Waals surface area contributed by atoms with Gasteiger partial charge in [-0.15, -0.1) is 0 Å². The average molecular weight is 208 g/mol. The van der Waals surface area contributed by atoms with Crippen molar-refractivity contribution < 1.29 is 0 Å². The summed E-state index contributed by atoms with van der Waals surface area (Å²) in [4.78, 5) is 0. The van der Waals surface area contributed by atoms with Crippen molar-refractivity contribution >= 4 is 0 Å². The van der Waals surface area contributed by atoms with Crippen LogP contribution in [0.5, 0.6) is 0 Å². The van der Waals surface area contributed by atoms with Crippen LogP contribution < -0.4 is 0 Å². The molecule has 0 spiro atoms. The summed E-state index contributed by atoms with van der Waals surface area (Å²) in [6, 6.07) is 0. The fraction of sp³-hybridized carbons (Fsp3) is 0.600. The second kappa shape index (κ2) is 11.3. The topological polar surface area (TPSA) is 0 Å². The molecule has 0 rings (SSSR count). The van der Waals surface area contributed by atoms with Crippen LogP contribution in [0.4, 0.5) is 0 Å². The van der Waals surface area contributed by atoms with Gasteiger partial charge in [0.05, 0.1) is 0 Å². The molecule has 0 aromatic rings. The van der Waals surface area contributed by atoms with E-state index >= 15 is 0 Å². The smallest absolute Gasteiger partial charge is 0.0276 e. The maximum atomic E-state index is 4.13. The first kappa shape index (κ1) is 16.6. The molecule has 0 aromatic heterocycles. The molecule has 0 aliphatic carbocycles. The Morgan fingerprint density at radius 1 is 1.07 bits per heavy atom. The van der Waals surface area contributed by atoms with Crippen molar-refractivity contribution in [3.63, 3.8) is 0 Å². The Morgan fingerprint density at radius 2 is 1.53 bits per heavy atom. The Bertz CT molecular complexity index is 206. The first-order valence-electron chi connectivity index (χ1n) is 6.17. The SMILES string of the molecule is C=C/C(C)=C(/CCC)C(=C)CCC.CC. The third-order valence-corrected chi connectivity index (χ3v) is 2.26. The molecule has 0 unspecified atom stereocenters. The van der Waals surface area contributed by atoms with Gasteiger partial charge in [0, 0.05) is 0 Å². The largest absolute Gasteiger partial charge is 0.0988 e. The normalized spacial score (nSPS) is 11.0. The quantitative estimate of drug-likeness (QED) is 0.493. The Morgan fingerprint density at radius 3 is 1.87 bits per heavy atom. The van der Waals surface area contributed by atoms with Gasteiger partial charge in [0.25, 0.3) is 0 Å². The van der Waals surface area contributed by atoms with Gasteiger partial charge >= 0.3 is 0 Å². The Hall–Kier alpha value is -0.780. The van der Waals surface area contributed by atoms with Gasteiger partial charge in [-0.25, -0.2) is 0 Å². The molecule has 0 heterocycles. The van der Waals surface area contributed by atoms with Gasteiger partial charge < -0.3 is 0 Å². The Kier molecular flexibility index (Phi) is 12.5. The fourth-order valence-corrected chi connectivity index (χ4v) is 1.48. The molecule has 0 amide bonds. The second-order valence-electron chi connectivity index (χ2n) is 3.47. The summed E-state index contributed by atoms with van der Waals surface area (Å²) in [6.45, 7) is 18.5. The highest BCUT2D eigenvalue weighted by molar-refractivity contribution is 5.36. The number of allylic oxidation sites excluding steroid dienone is 4. The third-order valence-electron chi connectivity index (χ3n) is 2.26. The summed E-state index contributed by atoms with van der Waals surface area (Å²) in [7, 11) is 0. The number of hydrogen-bond donors (Lipinski definition) is 0. The standard InChI is InChI=1S/C13H22.C2H6/c1-6-9-12(5)13(10-7-2)11(4)8-3;1-2/h8H,3,5-7,9-10H2,1-2,4H3;1-2H3/b13-11-;. The molecule has 0 aliphatic heterocycles. The first-order chi connectivity index (χ1) is 7.17. The van der Waals surface area contributed by atoms with Crippen molar-refractivity contribution in [1.82, 2.24) is 0 Å². The van der Waals surface area contributed by atoms with Crippen molar-refractivity contribution in [3.05, 3.63) is 36.0 Å². The molecule has 0 N–H and O–H groups in total. The lowest BCUT2D eigenvalue weighted by Gasteiger charge is -2.11. The van der Waals surface area contributed by atoms with E-state index in [0.717, 1.165) is 12.8 Å². The van der Waals surface area contributed by atoms with E-state index in [0.29, 0.717) is 0 Å². The van der Waals surface area contributed by atoms with Gasteiger partial charge in [-0.1, -0.05) is 65.3 Å². The summed E-state index contributed by atoms with van der Waals surface area (Å²) < 4.78 is 0. The van der Waals surface area contributed by atoms with Crippen LogP contribution >= 0.6 is 0 Å². The third kappa shape index (κ3) is 7.18. The first-order valence-corrected chi connectivity index (χ1v) is 6.17. The second-order valence-corrected chi connectivity index (χ2v) is 3.47. The lowest BCUT2D eigenvalue weighted by atomic mass is 9.95. The summed E-state index contributed by atoms with van der Waals surface area (Å²) in [6.07, 6.45) is 6.54. The molecule has 0 nitrogen and oxygen atoms in total. The highest BCUT2D eigenvalue weighted by atomic mass is 14.1. The van der Waals surface area contributed by atoms with Crippen LogP contribution in [-0.2, 0) is 0 Å². The molecule has 0 atom stereocenters. The maximum absolute atomic E-state index is 4.13. The molecule has 0 aromatic carbocycles. The minimum Gasteiger partial charge on any atom is -0.0988 e. The summed E-state index contributed by atoms with van der Waals surface area (Å²) in [5, 5.41) is 0. The Labute approximate surface area is 96.8 Å². The lowest BCUT2D eigenvalue weighted by molar-refractivity contribution is 0.848. The zero-order valence-electron chi connectivity index (χ0n) is 11.3. The van der Waals surface area contributed by atoms with Crippen molar-refractivity contribution in [2.75, 3.05) is 0 Å². The molecule has 0 bridgehead atoms. The summed E-state index contributed by atoms with van der Waals surface area (Å²) in [5.41, 5.74) is 4.00. The van der Waals surface area contributed by atoms with Gasteiger partial charge in [-0.3, -0.25) is 0 Å². The van der Waals surface area contributed by atoms with Gasteiger partial charge in [-0.05, 0) is 30.9 Å². The predicted molar refractivity (Wildman–Crippen MR) is 73.2 cm³/mol. The molecule has 0 radical (unpaired) electrons. The summed E-state index contributed by atoms with van der Waals surface area (Å²) >= 11 is 0. The Balaban J connectivity index is 0. The number of rotatable bonds is 6. The van der Waals surface area contributed by atoms with E-state index in [1.165, 1.54) is 29.6 Å². The zero-order chi connectivity index (χ0) is 12.3. The molecule has 0 saturated carbocycles. The van der Waals surface area contributed by atoms with Crippen LogP contribution in [0.1, 0.15) is 60.3 Å². The van der Waals surface area contributed by atoms with Crippen LogP contribution in [0.25, 0.3) is 0 Å². The van der Waals surface area contributed by atoms with Crippen molar-refractivity contribution in [2.24, 2.45) is 0 Å². The van der Waals surface area contributed by atoms with E-state index in [2.05, 4.69) is 33.9 Å². The van der Waals surface area contributed by atoms with E-state index in [1.54, 1.807) is 0 Å². The maximum Gasteiger partial charge on any atom is -0.0276 e. The van der Waals surface area contributed by atoms with Gasteiger partial charge in [0.2, 0.25) is 0 Å². The molecule has 15 heavy (non-hydrogen) atoms. The van der Waals surface area contributed by atoms with Crippen molar-refractivity contribution in [2.45, 2.75) is 60.3 Å². The molecular weight excluding hydrogens is 180 g/mol. The van der Waals surface area contributed by atoms with Crippen LogP contribution in [0.3, 0.4) is 0 Å². The van der Waals surface area contributed by atoms with Crippen LogP contribution in [-0.4, -0.2) is 0 Å². The minimum absolute atomic E-state index is 1.11. The summed E-state index contributed by atoms with van der Waals surface area (Å²) in [5.74, 6) is 0.